The van der Waals surface area contributed by atoms with Crippen molar-refractivity contribution in [2.24, 2.45) is 0 Å². The minimum absolute atomic E-state index is 0.349. The Morgan fingerprint density at radius 1 is 1.37 bits per heavy atom. The number of aliphatic hydroxyl groups excluding tert-OH is 1. The van der Waals surface area contributed by atoms with Gasteiger partial charge >= 0.3 is 0 Å². The molecule has 8 heteroatoms. The van der Waals surface area contributed by atoms with Crippen molar-refractivity contribution in [2.45, 2.75) is 31.9 Å². The number of hydrogen-bond acceptors (Lipinski definition) is 7. The molecule has 0 fully saturated rings. The number of anilines is 1. The first-order chi connectivity index (χ1) is 13.0. The Balaban J connectivity index is 1.76. The normalized spacial score (nSPS) is 20.2. The second kappa shape index (κ2) is 6.61. The van der Waals surface area contributed by atoms with Gasteiger partial charge in [-0.1, -0.05) is 29.4 Å². The topological polar surface area (TPSA) is 103 Å². The minimum atomic E-state index is -0.699. The third kappa shape index (κ3) is 3.23. The summed E-state index contributed by atoms with van der Waals surface area (Å²) in [5, 5.41) is 10.3. The Kier molecular flexibility index (Phi) is 4.26. The fourth-order valence-corrected chi connectivity index (χ4v) is 3.95. The van der Waals surface area contributed by atoms with Gasteiger partial charge in [-0.3, -0.25) is 0 Å². The average molecular weight is 378 g/mol. The van der Waals surface area contributed by atoms with Crippen LogP contribution in [0.5, 0.6) is 0 Å². The molecular weight excluding hydrogens is 360 g/mol. The highest BCUT2D eigenvalue weighted by Crippen LogP contribution is 2.36. The Hall–Kier alpha value is -3.02. The molecule has 0 aliphatic heterocycles. The van der Waals surface area contributed by atoms with Crippen LogP contribution in [0.1, 0.15) is 31.1 Å². The molecule has 1 aliphatic rings. The van der Waals surface area contributed by atoms with Gasteiger partial charge in [0.15, 0.2) is 11.6 Å². The summed E-state index contributed by atoms with van der Waals surface area (Å²) in [4.78, 5) is 18.0. The Morgan fingerprint density at radius 3 is 3.00 bits per heavy atom. The first-order valence-corrected chi connectivity index (χ1v) is 9.28. The summed E-state index contributed by atoms with van der Waals surface area (Å²) >= 11 is 1.49. The molecule has 7 nitrogen and oxygen atoms in total. The first kappa shape index (κ1) is 17.4. The second-order valence-corrected chi connectivity index (χ2v) is 7.54. The molecule has 3 heterocycles. The van der Waals surface area contributed by atoms with Crippen molar-refractivity contribution >= 4 is 33.1 Å². The number of nitrogens with zero attached hydrogens (tertiary/aromatic N) is 5. The summed E-state index contributed by atoms with van der Waals surface area (Å²) < 4.78 is 2.02. The molecule has 0 amide bonds. The van der Waals surface area contributed by atoms with Crippen LogP contribution in [0.4, 0.5) is 5.82 Å². The van der Waals surface area contributed by atoms with Crippen molar-refractivity contribution in [1.82, 2.24) is 24.5 Å². The molecule has 136 valence electrons. The van der Waals surface area contributed by atoms with Crippen molar-refractivity contribution in [1.29, 1.82) is 0 Å². The van der Waals surface area contributed by atoms with Crippen LogP contribution in [0, 0.1) is 11.8 Å². The highest BCUT2D eigenvalue weighted by atomic mass is 32.1. The molecule has 0 bridgehead atoms. The number of aromatic nitrogens is 5. The van der Waals surface area contributed by atoms with Gasteiger partial charge in [-0.2, -0.15) is 0 Å². The van der Waals surface area contributed by atoms with Crippen LogP contribution in [0.15, 0.2) is 36.9 Å². The molecule has 0 radical (unpaired) electrons. The van der Waals surface area contributed by atoms with Gasteiger partial charge in [0.1, 0.15) is 27.8 Å². The smallest absolute Gasteiger partial charge is 0.186 e. The molecule has 0 saturated heterocycles. The molecule has 0 spiro atoms. The SMILES string of the molecule is CC(O)C#Cc1nccn1C1(C)C=C(c2nc3c(N)ncnc3s2)C=CC1. The summed E-state index contributed by atoms with van der Waals surface area (Å²) in [7, 11) is 0. The third-order valence-electron chi connectivity index (χ3n) is 4.35. The Bertz CT molecular complexity index is 1130. The van der Waals surface area contributed by atoms with Gasteiger partial charge in [0.25, 0.3) is 0 Å². The molecular formula is C19H18N6OS. The van der Waals surface area contributed by atoms with Crippen LogP contribution in [0.2, 0.25) is 0 Å². The molecule has 27 heavy (non-hydrogen) atoms. The number of nitrogen functional groups attached to an aromatic ring is 1. The molecule has 3 aromatic rings. The number of imidazole rings is 1. The quantitative estimate of drug-likeness (QED) is 0.664. The van der Waals surface area contributed by atoms with E-state index in [2.05, 4.69) is 56.9 Å². The number of thiazole rings is 1. The van der Waals surface area contributed by atoms with Crippen LogP contribution in [0.3, 0.4) is 0 Å². The summed E-state index contributed by atoms with van der Waals surface area (Å²) in [6.07, 6.45) is 11.5. The van der Waals surface area contributed by atoms with E-state index in [1.165, 1.54) is 17.7 Å². The number of allylic oxidation sites excluding steroid dienone is 4. The second-order valence-electron chi connectivity index (χ2n) is 6.56. The van der Waals surface area contributed by atoms with Crippen LogP contribution in [-0.2, 0) is 5.54 Å². The van der Waals surface area contributed by atoms with E-state index in [0.717, 1.165) is 21.8 Å². The fourth-order valence-electron chi connectivity index (χ4n) is 3.04. The van der Waals surface area contributed by atoms with E-state index < -0.39 is 6.10 Å². The van der Waals surface area contributed by atoms with Gasteiger partial charge < -0.3 is 15.4 Å². The zero-order valence-electron chi connectivity index (χ0n) is 14.9. The molecule has 1 aliphatic carbocycles. The molecule has 2 unspecified atom stereocenters. The zero-order chi connectivity index (χ0) is 19.0. The molecule has 4 rings (SSSR count). The largest absolute Gasteiger partial charge is 0.382 e. The van der Waals surface area contributed by atoms with Gasteiger partial charge in [0, 0.05) is 18.0 Å². The highest BCUT2D eigenvalue weighted by molar-refractivity contribution is 7.19. The Labute approximate surface area is 160 Å². The van der Waals surface area contributed by atoms with Gasteiger partial charge in [-0.05, 0) is 32.3 Å². The van der Waals surface area contributed by atoms with E-state index in [1.807, 2.05) is 10.8 Å². The average Bonchev–Trinajstić information content (AvgIpc) is 3.28. The van der Waals surface area contributed by atoms with Gasteiger partial charge in [0.2, 0.25) is 0 Å². The lowest BCUT2D eigenvalue weighted by Gasteiger charge is -2.30. The molecule has 3 N–H and O–H groups in total. The van der Waals surface area contributed by atoms with Gasteiger partial charge in [0.05, 0.1) is 5.54 Å². The first-order valence-electron chi connectivity index (χ1n) is 8.46. The maximum Gasteiger partial charge on any atom is 0.186 e. The monoisotopic (exact) mass is 378 g/mol. The lowest BCUT2D eigenvalue weighted by molar-refractivity contribution is 0.253. The number of rotatable bonds is 2. The van der Waals surface area contributed by atoms with Crippen molar-refractivity contribution < 1.29 is 5.11 Å². The molecule has 0 aromatic carbocycles. The van der Waals surface area contributed by atoms with Crippen LogP contribution in [-0.4, -0.2) is 35.7 Å². The van der Waals surface area contributed by atoms with Crippen LogP contribution in [0.25, 0.3) is 15.9 Å². The fraction of sp³-hybridized carbons (Fsp3) is 0.263. The predicted molar refractivity (Wildman–Crippen MR) is 106 cm³/mol. The molecule has 0 saturated carbocycles. The van der Waals surface area contributed by atoms with Crippen molar-refractivity contribution in [3.63, 3.8) is 0 Å². The molecule has 3 aromatic heterocycles. The van der Waals surface area contributed by atoms with E-state index in [9.17, 15) is 5.11 Å². The summed E-state index contributed by atoms with van der Waals surface area (Å²) in [5.41, 5.74) is 7.19. The summed E-state index contributed by atoms with van der Waals surface area (Å²) in [6.45, 7) is 3.75. The maximum atomic E-state index is 9.44. The predicted octanol–water partition coefficient (Wildman–Crippen LogP) is 2.36. The third-order valence-corrected chi connectivity index (χ3v) is 5.36. The number of nitrogens with two attached hydrogens (primary N) is 1. The maximum absolute atomic E-state index is 9.44. The van der Waals surface area contributed by atoms with Crippen molar-refractivity contribution in [3.8, 4) is 11.8 Å². The lowest BCUT2D eigenvalue weighted by Crippen LogP contribution is -2.29. The number of aliphatic hydroxyl groups is 1. The van der Waals surface area contributed by atoms with E-state index in [0.29, 0.717) is 17.2 Å². The van der Waals surface area contributed by atoms with E-state index in [1.54, 1.807) is 13.1 Å². The van der Waals surface area contributed by atoms with E-state index in [4.69, 9.17) is 5.73 Å². The lowest BCUT2D eigenvalue weighted by atomic mass is 9.89. The molecule has 2 atom stereocenters. The highest BCUT2D eigenvalue weighted by Gasteiger charge is 2.28. The van der Waals surface area contributed by atoms with Gasteiger partial charge in [-0.15, -0.1) is 0 Å². The van der Waals surface area contributed by atoms with E-state index in [-0.39, 0.29) is 5.54 Å². The van der Waals surface area contributed by atoms with Gasteiger partial charge in [-0.25, -0.2) is 19.9 Å². The number of fused-ring (bicyclic) bond motifs is 1. The van der Waals surface area contributed by atoms with E-state index >= 15 is 0 Å². The summed E-state index contributed by atoms with van der Waals surface area (Å²) in [5.74, 6) is 6.70. The van der Waals surface area contributed by atoms with Crippen molar-refractivity contribution in [2.75, 3.05) is 5.73 Å². The number of hydrogen-bond donors (Lipinski definition) is 2. The minimum Gasteiger partial charge on any atom is -0.382 e. The van der Waals surface area contributed by atoms with Crippen LogP contribution < -0.4 is 5.73 Å². The van der Waals surface area contributed by atoms with Crippen molar-refractivity contribution in [3.05, 3.63) is 47.8 Å². The standard InChI is InChI=1S/C19H18N6OS/c1-12(26)5-6-14-21-8-9-25(14)19(2)7-3-4-13(10-19)17-24-15-16(20)22-11-23-18(15)27-17/h3-4,8-12,26H,7H2,1-2H3,(H2,20,22,23). The summed E-state index contributed by atoms with van der Waals surface area (Å²) in [6, 6.07) is 0. The Morgan fingerprint density at radius 2 is 2.22 bits per heavy atom. The van der Waals surface area contributed by atoms with Crippen LogP contribution >= 0.6 is 11.3 Å². The zero-order valence-corrected chi connectivity index (χ0v) is 15.7.